The van der Waals surface area contributed by atoms with Crippen LogP contribution in [-0.4, -0.2) is 5.78 Å². The molecule has 2 aliphatic carbocycles. The fraction of sp³-hybridized carbons (Fsp3) is 0.500. The van der Waals surface area contributed by atoms with Gasteiger partial charge in [-0.15, -0.1) is 0 Å². The van der Waals surface area contributed by atoms with E-state index in [2.05, 4.69) is 67.0 Å². The zero-order valence-corrected chi connectivity index (χ0v) is 14.0. The van der Waals surface area contributed by atoms with Crippen LogP contribution < -0.4 is 0 Å². The van der Waals surface area contributed by atoms with Crippen LogP contribution in [0.4, 0.5) is 0 Å². The lowest BCUT2D eigenvalue weighted by Crippen LogP contribution is -2.32. The molecule has 2 unspecified atom stereocenters. The van der Waals surface area contributed by atoms with E-state index in [9.17, 15) is 4.79 Å². The first-order valence-electron chi connectivity index (χ1n) is 7.31. The number of Topliss-reactive ketones (excluding diaryl/α,β-unsaturated/α-hetero) is 1. The molecular formula is C18H21BrO. The minimum atomic E-state index is -0.153. The van der Waals surface area contributed by atoms with Crippen molar-refractivity contribution in [2.24, 2.45) is 16.7 Å². The summed E-state index contributed by atoms with van der Waals surface area (Å²) in [5.74, 6) is 0.805. The molecule has 1 aromatic rings. The van der Waals surface area contributed by atoms with E-state index in [1.807, 2.05) is 0 Å². The van der Waals surface area contributed by atoms with Gasteiger partial charge in [-0.2, -0.15) is 0 Å². The van der Waals surface area contributed by atoms with Crippen molar-refractivity contribution in [3.8, 4) is 0 Å². The summed E-state index contributed by atoms with van der Waals surface area (Å²) in [6, 6.07) is 8.45. The molecule has 0 spiro atoms. The fourth-order valence-electron chi connectivity index (χ4n) is 3.98. The molecule has 2 atom stereocenters. The highest BCUT2D eigenvalue weighted by Gasteiger charge is 2.63. The summed E-state index contributed by atoms with van der Waals surface area (Å²) in [5, 5.41) is 0.872. The summed E-state index contributed by atoms with van der Waals surface area (Å²) in [6.45, 7) is 6.68. The average molecular weight is 333 g/mol. The molecule has 0 heterocycles. The molecule has 0 saturated heterocycles. The van der Waals surface area contributed by atoms with Gasteiger partial charge in [-0.3, -0.25) is 4.79 Å². The van der Waals surface area contributed by atoms with Crippen molar-refractivity contribution in [2.75, 3.05) is 0 Å². The molecule has 0 radical (unpaired) electrons. The van der Waals surface area contributed by atoms with E-state index >= 15 is 0 Å². The van der Waals surface area contributed by atoms with Crippen LogP contribution in [-0.2, 0) is 10.1 Å². The molecule has 1 nitrogen and oxygen atoms in total. The molecule has 3 rings (SSSR count). The lowest BCUT2D eigenvalue weighted by Gasteiger charge is -2.31. The number of fused-ring (bicyclic) bond motifs is 2. The number of carbonyl (C=O) groups excluding carboxylic acids is 1. The van der Waals surface area contributed by atoms with Crippen LogP contribution in [0.25, 0.3) is 6.08 Å². The summed E-state index contributed by atoms with van der Waals surface area (Å²) >= 11 is 3.46. The Labute approximate surface area is 129 Å². The van der Waals surface area contributed by atoms with Crippen molar-refractivity contribution in [1.29, 1.82) is 0 Å². The zero-order chi connectivity index (χ0) is 14.5. The normalized spacial score (nSPS) is 33.1. The lowest BCUT2D eigenvalue weighted by molar-refractivity contribution is -0.125. The Bertz CT molecular complexity index is 582. The number of benzene rings is 1. The average Bonchev–Trinajstić information content (AvgIpc) is 2.74. The van der Waals surface area contributed by atoms with Crippen LogP contribution in [0.3, 0.4) is 0 Å². The fourth-order valence-corrected chi connectivity index (χ4v) is 4.35. The van der Waals surface area contributed by atoms with Crippen LogP contribution in [0.15, 0.2) is 29.8 Å². The number of carbonyl (C=O) groups is 1. The second kappa shape index (κ2) is 4.56. The maximum Gasteiger partial charge on any atom is 0.165 e. The molecule has 106 valence electrons. The highest BCUT2D eigenvalue weighted by atomic mass is 79.9. The molecular weight excluding hydrogens is 312 g/mol. The predicted molar refractivity (Wildman–Crippen MR) is 86.7 cm³/mol. The van der Waals surface area contributed by atoms with Crippen LogP contribution in [0.5, 0.6) is 0 Å². The Morgan fingerprint density at radius 1 is 1.25 bits per heavy atom. The summed E-state index contributed by atoms with van der Waals surface area (Å²) in [7, 11) is 0. The monoisotopic (exact) mass is 332 g/mol. The summed E-state index contributed by atoms with van der Waals surface area (Å²) in [6.07, 6.45) is 4.32. The molecule has 0 N–H and O–H groups in total. The summed E-state index contributed by atoms with van der Waals surface area (Å²) in [4.78, 5) is 12.8. The van der Waals surface area contributed by atoms with Gasteiger partial charge in [-0.25, -0.2) is 0 Å². The number of hydrogen-bond donors (Lipinski definition) is 0. The maximum absolute atomic E-state index is 12.8. The highest BCUT2D eigenvalue weighted by Crippen LogP contribution is 2.65. The van der Waals surface area contributed by atoms with Crippen LogP contribution in [0.1, 0.15) is 44.7 Å². The van der Waals surface area contributed by atoms with E-state index < -0.39 is 0 Å². The Morgan fingerprint density at radius 2 is 1.90 bits per heavy atom. The van der Waals surface area contributed by atoms with Crippen LogP contribution in [0, 0.1) is 16.7 Å². The predicted octanol–water partition coefficient (Wildman–Crippen LogP) is 4.99. The Hall–Kier alpha value is -0.890. The van der Waals surface area contributed by atoms with Crippen molar-refractivity contribution < 1.29 is 4.79 Å². The molecule has 2 saturated carbocycles. The number of allylic oxidation sites excluding steroid dienone is 1. The van der Waals surface area contributed by atoms with Gasteiger partial charge < -0.3 is 0 Å². The van der Waals surface area contributed by atoms with E-state index in [0.717, 1.165) is 29.3 Å². The Balaban J connectivity index is 1.99. The molecule has 2 bridgehead atoms. The highest BCUT2D eigenvalue weighted by molar-refractivity contribution is 9.08. The van der Waals surface area contributed by atoms with E-state index in [1.165, 1.54) is 5.56 Å². The first-order valence-corrected chi connectivity index (χ1v) is 8.43. The molecule has 0 aromatic heterocycles. The van der Waals surface area contributed by atoms with E-state index in [1.54, 1.807) is 0 Å². The quantitative estimate of drug-likeness (QED) is 0.550. The van der Waals surface area contributed by atoms with Crippen LogP contribution >= 0.6 is 15.9 Å². The van der Waals surface area contributed by atoms with E-state index in [4.69, 9.17) is 0 Å². The molecule has 20 heavy (non-hydrogen) atoms. The van der Waals surface area contributed by atoms with E-state index in [0.29, 0.717) is 11.7 Å². The van der Waals surface area contributed by atoms with Gasteiger partial charge in [0.25, 0.3) is 0 Å². The minimum absolute atomic E-state index is 0.103. The van der Waals surface area contributed by atoms with Crippen molar-refractivity contribution in [3.05, 3.63) is 41.0 Å². The minimum Gasteiger partial charge on any atom is -0.294 e. The summed E-state index contributed by atoms with van der Waals surface area (Å²) < 4.78 is 0. The van der Waals surface area contributed by atoms with Gasteiger partial charge in [-0.1, -0.05) is 61.0 Å². The Morgan fingerprint density at radius 3 is 2.40 bits per heavy atom. The van der Waals surface area contributed by atoms with Crippen molar-refractivity contribution in [2.45, 2.75) is 38.9 Å². The van der Waals surface area contributed by atoms with Gasteiger partial charge in [0.1, 0.15) is 0 Å². The number of hydrogen-bond acceptors (Lipinski definition) is 1. The standard InChI is InChI=1S/C18H21BrO/c1-17(2)15-8-9-18(17,3)16(20)14(15)10-12-4-6-13(11-19)7-5-12/h4-7,10,15H,8-9,11H2,1-3H3/b14-10+. The molecule has 0 aliphatic heterocycles. The van der Waals surface area contributed by atoms with E-state index in [-0.39, 0.29) is 10.8 Å². The smallest absolute Gasteiger partial charge is 0.165 e. The second-order valence-electron chi connectivity index (χ2n) is 6.95. The first kappa shape index (κ1) is 14.1. The van der Waals surface area contributed by atoms with Gasteiger partial charge in [0.15, 0.2) is 5.78 Å². The number of alkyl halides is 1. The SMILES string of the molecule is CC12CCC(/C(=C\c3ccc(CBr)cc3)C1=O)C2(C)C. The lowest BCUT2D eigenvalue weighted by atomic mass is 9.70. The van der Waals surface area contributed by atoms with Gasteiger partial charge in [0, 0.05) is 10.7 Å². The molecule has 2 heteroatoms. The zero-order valence-electron chi connectivity index (χ0n) is 12.4. The number of ketones is 1. The van der Waals surface area contributed by atoms with Gasteiger partial charge in [-0.05, 0) is 47.0 Å². The van der Waals surface area contributed by atoms with Crippen LogP contribution in [0.2, 0.25) is 0 Å². The summed E-state index contributed by atoms with van der Waals surface area (Å²) in [5.41, 5.74) is 3.41. The largest absolute Gasteiger partial charge is 0.294 e. The van der Waals surface area contributed by atoms with Gasteiger partial charge in [0.05, 0.1) is 0 Å². The molecule has 0 amide bonds. The third-order valence-electron chi connectivity index (χ3n) is 5.82. The van der Waals surface area contributed by atoms with Crippen molar-refractivity contribution in [1.82, 2.24) is 0 Å². The topological polar surface area (TPSA) is 17.1 Å². The van der Waals surface area contributed by atoms with Crippen molar-refractivity contribution in [3.63, 3.8) is 0 Å². The number of rotatable bonds is 2. The Kier molecular flexibility index (Phi) is 3.20. The number of halogens is 1. The third-order valence-corrected chi connectivity index (χ3v) is 6.47. The molecule has 2 aliphatic rings. The third kappa shape index (κ3) is 1.77. The molecule has 2 fully saturated rings. The molecule has 1 aromatic carbocycles. The van der Waals surface area contributed by atoms with Gasteiger partial charge >= 0.3 is 0 Å². The second-order valence-corrected chi connectivity index (χ2v) is 7.51. The van der Waals surface area contributed by atoms with Gasteiger partial charge in [0.2, 0.25) is 0 Å². The van der Waals surface area contributed by atoms with Crippen molar-refractivity contribution >= 4 is 27.8 Å². The maximum atomic E-state index is 12.8. The first-order chi connectivity index (χ1) is 9.40.